The number of thiophene rings is 1. The second-order valence-corrected chi connectivity index (χ2v) is 7.78. The summed E-state index contributed by atoms with van der Waals surface area (Å²) in [5, 5.41) is 6.88. The van der Waals surface area contributed by atoms with Gasteiger partial charge in [-0.2, -0.15) is 5.10 Å². The van der Waals surface area contributed by atoms with Gasteiger partial charge in [0.1, 0.15) is 0 Å². The third kappa shape index (κ3) is 3.38. The van der Waals surface area contributed by atoms with E-state index in [1.165, 1.54) is 4.88 Å². The van der Waals surface area contributed by atoms with Crippen LogP contribution < -0.4 is 4.90 Å². The number of rotatable bonds is 4. The number of aromatic nitrogens is 2. The summed E-state index contributed by atoms with van der Waals surface area (Å²) in [6.45, 7) is 4.21. The molecule has 0 saturated heterocycles. The van der Waals surface area contributed by atoms with Gasteiger partial charge in [0.2, 0.25) is 0 Å². The van der Waals surface area contributed by atoms with Crippen LogP contribution in [0.2, 0.25) is 0 Å². The fourth-order valence-electron chi connectivity index (χ4n) is 3.19. The number of nitrogens with one attached hydrogen (secondary N) is 1. The van der Waals surface area contributed by atoms with Gasteiger partial charge in [-0.05, 0) is 50.1 Å². The van der Waals surface area contributed by atoms with Crippen molar-refractivity contribution >= 4 is 28.9 Å². The smallest absolute Gasteiger partial charge is 0.359 e. The molecule has 3 aromatic rings. The molecule has 6 nitrogen and oxygen atoms in total. The molecule has 0 unspecified atom stereocenters. The summed E-state index contributed by atoms with van der Waals surface area (Å²) in [5.74, 6) is -0.836. The van der Waals surface area contributed by atoms with E-state index in [9.17, 15) is 9.59 Å². The van der Waals surface area contributed by atoms with Gasteiger partial charge >= 0.3 is 5.97 Å². The molecule has 1 N–H and O–H groups in total. The quantitative estimate of drug-likeness (QED) is 0.701. The lowest BCUT2D eigenvalue weighted by atomic mass is 10.2. The van der Waals surface area contributed by atoms with Crippen molar-refractivity contribution in [3.63, 3.8) is 0 Å². The maximum absolute atomic E-state index is 12.7. The molecule has 1 atom stereocenters. The number of ether oxygens (including phenoxy) is 1. The number of carbonyl (C=O) groups excluding carboxylic acids is 2. The number of esters is 1. The second-order valence-electron chi connectivity index (χ2n) is 6.49. The largest absolute Gasteiger partial charge is 0.448 e. The zero-order valence-corrected chi connectivity index (χ0v) is 15.9. The molecule has 27 heavy (non-hydrogen) atoms. The molecule has 0 bridgehead atoms. The highest BCUT2D eigenvalue weighted by Gasteiger charge is 2.30. The van der Waals surface area contributed by atoms with Crippen LogP contribution in [0.4, 0.5) is 5.69 Å². The minimum absolute atomic E-state index is 0.164. The Hall–Kier alpha value is -2.93. The molecule has 4 rings (SSSR count). The van der Waals surface area contributed by atoms with E-state index in [0.29, 0.717) is 6.54 Å². The fourth-order valence-corrected chi connectivity index (χ4v) is 4.02. The molecule has 0 fully saturated rings. The number of amides is 1. The van der Waals surface area contributed by atoms with Crippen LogP contribution in [0.1, 0.15) is 27.9 Å². The highest BCUT2D eigenvalue weighted by Crippen LogP contribution is 2.29. The van der Waals surface area contributed by atoms with Crippen molar-refractivity contribution < 1.29 is 14.3 Å². The Morgan fingerprint density at radius 2 is 2.07 bits per heavy atom. The van der Waals surface area contributed by atoms with Crippen LogP contribution in [0.3, 0.4) is 0 Å². The van der Waals surface area contributed by atoms with Gasteiger partial charge < -0.3 is 9.64 Å². The van der Waals surface area contributed by atoms with E-state index in [0.717, 1.165) is 28.2 Å². The van der Waals surface area contributed by atoms with E-state index in [1.807, 2.05) is 43.3 Å². The number of aryl methyl sites for hydroxylation is 1. The van der Waals surface area contributed by atoms with Crippen LogP contribution in [0, 0.1) is 6.92 Å². The summed E-state index contributed by atoms with van der Waals surface area (Å²) in [6.07, 6.45) is -0.0706. The molecule has 0 radical (unpaired) electrons. The molecule has 3 heterocycles. The summed E-state index contributed by atoms with van der Waals surface area (Å²) in [6, 6.07) is 13.4. The Balaban J connectivity index is 1.44. The van der Waals surface area contributed by atoms with E-state index < -0.39 is 12.1 Å². The Kier molecular flexibility index (Phi) is 4.53. The van der Waals surface area contributed by atoms with Crippen molar-refractivity contribution in [3.8, 4) is 10.6 Å². The molecule has 7 heteroatoms. The Morgan fingerprint density at radius 1 is 1.26 bits per heavy atom. The molecule has 0 aliphatic carbocycles. The molecule has 1 aromatic carbocycles. The molecular formula is C20H19N3O3S. The molecule has 1 aliphatic heterocycles. The zero-order chi connectivity index (χ0) is 19.0. The summed E-state index contributed by atoms with van der Waals surface area (Å²) < 4.78 is 5.37. The third-order valence-corrected chi connectivity index (χ3v) is 5.61. The first-order valence-corrected chi connectivity index (χ1v) is 9.57. The van der Waals surface area contributed by atoms with Crippen LogP contribution in [-0.4, -0.2) is 34.7 Å². The molecule has 2 aromatic heterocycles. The van der Waals surface area contributed by atoms with Gasteiger partial charge in [-0.3, -0.25) is 9.89 Å². The van der Waals surface area contributed by atoms with Crippen molar-refractivity contribution in [2.45, 2.75) is 26.4 Å². The van der Waals surface area contributed by atoms with E-state index in [-0.39, 0.29) is 11.6 Å². The molecule has 1 aliphatic rings. The standard InChI is InChI=1S/C20H19N3O3S/c1-12-7-8-18(27-12)15-11-16(22-21-15)20(25)26-13(2)19(24)23-10-9-14-5-3-4-6-17(14)23/h3-8,11,13H,9-10H2,1-2H3,(H,21,22)/t13-/m0/s1. The summed E-state index contributed by atoms with van der Waals surface area (Å²) in [7, 11) is 0. The monoisotopic (exact) mass is 381 g/mol. The predicted octanol–water partition coefficient (Wildman–Crippen LogP) is 3.58. The van der Waals surface area contributed by atoms with Gasteiger partial charge in [0.25, 0.3) is 5.91 Å². The predicted molar refractivity (Wildman–Crippen MR) is 104 cm³/mol. The Bertz CT molecular complexity index is 1010. The van der Waals surface area contributed by atoms with Crippen molar-refractivity contribution in [3.05, 3.63) is 58.6 Å². The minimum Gasteiger partial charge on any atom is -0.448 e. The maximum atomic E-state index is 12.7. The van der Waals surface area contributed by atoms with Crippen LogP contribution in [0.25, 0.3) is 10.6 Å². The molecular weight excluding hydrogens is 362 g/mol. The number of aromatic amines is 1. The van der Waals surface area contributed by atoms with Crippen molar-refractivity contribution in [1.29, 1.82) is 0 Å². The van der Waals surface area contributed by atoms with Gasteiger partial charge in [-0.1, -0.05) is 18.2 Å². The number of hydrogen-bond acceptors (Lipinski definition) is 5. The topological polar surface area (TPSA) is 75.3 Å². The Labute approximate surface area is 160 Å². The normalized spacial score (nSPS) is 14.1. The number of hydrogen-bond donors (Lipinski definition) is 1. The number of anilines is 1. The fraction of sp³-hybridized carbons (Fsp3) is 0.250. The molecule has 1 amide bonds. The van der Waals surface area contributed by atoms with Crippen molar-refractivity contribution in [1.82, 2.24) is 10.2 Å². The van der Waals surface area contributed by atoms with Crippen LogP contribution in [0.15, 0.2) is 42.5 Å². The van der Waals surface area contributed by atoms with E-state index >= 15 is 0 Å². The molecule has 0 saturated carbocycles. The minimum atomic E-state index is -0.882. The lowest BCUT2D eigenvalue weighted by molar-refractivity contribution is -0.126. The number of para-hydroxylation sites is 1. The summed E-state index contributed by atoms with van der Waals surface area (Å²) in [4.78, 5) is 29.0. The summed E-state index contributed by atoms with van der Waals surface area (Å²) >= 11 is 1.61. The zero-order valence-electron chi connectivity index (χ0n) is 15.1. The van der Waals surface area contributed by atoms with Crippen LogP contribution in [-0.2, 0) is 16.0 Å². The number of benzene rings is 1. The van der Waals surface area contributed by atoms with Crippen molar-refractivity contribution in [2.75, 3.05) is 11.4 Å². The van der Waals surface area contributed by atoms with Crippen LogP contribution in [0.5, 0.6) is 0 Å². The van der Waals surface area contributed by atoms with Gasteiger partial charge in [0.15, 0.2) is 11.8 Å². The van der Waals surface area contributed by atoms with Crippen LogP contribution >= 0.6 is 11.3 Å². The van der Waals surface area contributed by atoms with Gasteiger partial charge in [0.05, 0.1) is 10.6 Å². The number of fused-ring (bicyclic) bond motifs is 1. The van der Waals surface area contributed by atoms with E-state index in [1.54, 1.807) is 29.2 Å². The van der Waals surface area contributed by atoms with E-state index in [4.69, 9.17) is 4.74 Å². The summed E-state index contributed by atoms with van der Waals surface area (Å²) in [5.41, 5.74) is 2.94. The maximum Gasteiger partial charge on any atom is 0.359 e. The number of carbonyl (C=O) groups is 2. The number of nitrogens with zero attached hydrogens (tertiary/aromatic N) is 2. The highest BCUT2D eigenvalue weighted by atomic mass is 32.1. The highest BCUT2D eigenvalue weighted by molar-refractivity contribution is 7.15. The van der Waals surface area contributed by atoms with E-state index in [2.05, 4.69) is 10.2 Å². The third-order valence-electron chi connectivity index (χ3n) is 4.58. The second kappa shape index (κ2) is 7.00. The average molecular weight is 381 g/mol. The number of H-pyrrole nitrogens is 1. The lowest BCUT2D eigenvalue weighted by Gasteiger charge is -2.21. The van der Waals surface area contributed by atoms with Gasteiger partial charge in [-0.15, -0.1) is 11.3 Å². The SMILES string of the molecule is Cc1ccc(-c2cc(C(=O)O[C@@H](C)C(=O)N3CCc4ccccc43)n[nH]2)s1. The average Bonchev–Trinajstić information content (AvgIpc) is 3.39. The molecule has 138 valence electrons. The first kappa shape index (κ1) is 17.5. The first-order valence-electron chi connectivity index (χ1n) is 8.75. The van der Waals surface area contributed by atoms with Crippen molar-refractivity contribution in [2.24, 2.45) is 0 Å². The lowest BCUT2D eigenvalue weighted by Crippen LogP contribution is -2.39. The first-order chi connectivity index (χ1) is 13.0. The van der Waals surface area contributed by atoms with Gasteiger partial charge in [-0.25, -0.2) is 4.79 Å². The van der Waals surface area contributed by atoms with Gasteiger partial charge in [0, 0.05) is 17.1 Å². The Morgan fingerprint density at radius 3 is 2.85 bits per heavy atom. The molecule has 0 spiro atoms.